The van der Waals surface area contributed by atoms with E-state index in [0.29, 0.717) is 5.69 Å². The molecule has 0 saturated heterocycles. The van der Waals surface area contributed by atoms with Crippen LogP contribution in [0.4, 0.5) is 0 Å². The Kier molecular flexibility index (Phi) is 6.41. The first-order valence-corrected chi connectivity index (χ1v) is 9.88. The van der Waals surface area contributed by atoms with Crippen molar-refractivity contribution >= 4 is 28.6 Å². The van der Waals surface area contributed by atoms with Crippen molar-refractivity contribution in [3.05, 3.63) is 71.4 Å². The number of rotatable bonds is 6. The van der Waals surface area contributed by atoms with Crippen LogP contribution in [-0.4, -0.2) is 44.9 Å². The van der Waals surface area contributed by atoms with Crippen LogP contribution in [0.3, 0.4) is 0 Å². The summed E-state index contributed by atoms with van der Waals surface area (Å²) in [4.78, 5) is 41.9. The zero-order chi connectivity index (χ0) is 22.6. The second-order valence-electron chi connectivity index (χ2n) is 8.37. The van der Waals surface area contributed by atoms with Crippen LogP contribution < -0.4 is 10.8 Å². The number of hydrogen-bond acceptors (Lipinski definition) is 4. The number of carbonyl (C=O) groups excluding carboxylic acids is 3. The van der Waals surface area contributed by atoms with E-state index in [9.17, 15) is 14.4 Å². The Morgan fingerprint density at radius 3 is 2.32 bits per heavy atom. The van der Waals surface area contributed by atoms with Gasteiger partial charge >= 0.3 is 0 Å². The number of nitrogens with zero attached hydrogens (tertiary/aromatic N) is 1. The van der Waals surface area contributed by atoms with Gasteiger partial charge in [-0.15, -0.1) is 0 Å². The molecule has 2 aromatic carbocycles. The average Bonchev–Trinajstić information content (AvgIpc) is 3.15. The predicted octanol–water partition coefficient (Wildman–Crippen LogP) is 2.84. The number of amides is 3. The molecule has 3 aromatic rings. The van der Waals surface area contributed by atoms with Crippen LogP contribution in [0.25, 0.3) is 10.9 Å². The summed E-state index contributed by atoms with van der Waals surface area (Å²) >= 11 is 0. The van der Waals surface area contributed by atoms with Crippen molar-refractivity contribution in [3.8, 4) is 0 Å². The summed E-state index contributed by atoms with van der Waals surface area (Å²) in [7, 11) is 0. The van der Waals surface area contributed by atoms with E-state index in [2.05, 4.69) is 10.3 Å². The fourth-order valence-corrected chi connectivity index (χ4v) is 3.24. The SMILES string of the molecule is CC(C)(C)NC(=O)CN(Cc1ccc(C(=O)NO)cc1)C(=O)c1cc2ccccc2[nH]1. The summed E-state index contributed by atoms with van der Waals surface area (Å²) in [5.41, 5.74) is 3.41. The van der Waals surface area contributed by atoms with Gasteiger partial charge in [-0.3, -0.25) is 19.6 Å². The average molecular weight is 422 g/mol. The van der Waals surface area contributed by atoms with Gasteiger partial charge in [0.25, 0.3) is 11.8 Å². The minimum atomic E-state index is -0.623. The fraction of sp³-hybridized carbons (Fsp3) is 0.261. The van der Waals surface area contributed by atoms with Crippen LogP contribution in [0.2, 0.25) is 0 Å². The smallest absolute Gasteiger partial charge is 0.274 e. The number of carbonyl (C=O) groups is 3. The molecule has 4 N–H and O–H groups in total. The highest BCUT2D eigenvalue weighted by Gasteiger charge is 2.23. The molecule has 0 aliphatic carbocycles. The molecule has 0 saturated carbocycles. The standard InChI is InChI=1S/C23H26N4O4/c1-23(2,3)25-20(28)14-27(13-15-8-10-16(11-9-15)21(29)26-31)22(30)19-12-17-6-4-5-7-18(17)24-19/h4-12,24,31H,13-14H2,1-3H3,(H,25,28)(H,26,29). The largest absolute Gasteiger partial charge is 0.351 e. The van der Waals surface area contributed by atoms with E-state index < -0.39 is 11.4 Å². The highest BCUT2D eigenvalue weighted by Crippen LogP contribution is 2.17. The molecule has 0 bridgehead atoms. The molecule has 0 radical (unpaired) electrons. The van der Waals surface area contributed by atoms with E-state index in [1.807, 2.05) is 45.0 Å². The third kappa shape index (κ3) is 5.70. The van der Waals surface area contributed by atoms with E-state index in [0.717, 1.165) is 16.5 Å². The van der Waals surface area contributed by atoms with Gasteiger partial charge in [0.2, 0.25) is 5.91 Å². The Balaban J connectivity index is 1.85. The summed E-state index contributed by atoms with van der Waals surface area (Å²) in [5, 5.41) is 12.5. The predicted molar refractivity (Wildman–Crippen MR) is 117 cm³/mol. The second-order valence-corrected chi connectivity index (χ2v) is 8.37. The van der Waals surface area contributed by atoms with Crippen LogP contribution in [-0.2, 0) is 11.3 Å². The monoisotopic (exact) mass is 422 g/mol. The van der Waals surface area contributed by atoms with Crippen LogP contribution in [0.15, 0.2) is 54.6 Å². The normalized spacial score (nSPS) is 11.2. The summed E-state index contributed by atoms with van der Waals surface area (Å²) in [6, 6.07) is 15.8. The van der Waals surface area contributed by atoms with E-state index >= 15 is 0 Å². The Labute approximate surface area is 180 Å². The first-order valence-electron chi connectivity index (χ1n) is 9.88. The van der Waals surface area contributed by atoms with Crippen molar-refractivity contribution in [2.45, 2.75) is 32.9 Å². The minimum Gasteiger partial charge on any atom is -0.351 e. The number of para-hydroxylation sites is 1. The van der Waals surface area contributed by atoms with Crippen LogP contribution in [0, 0.1) is 0 Å². The zero-order valence-corrected chi connectivity index (χ0v) is 17.7. The van der Waals surface area contributed by atoms with Crippen LogP contribution in [0.1, 0.15) is 47.2 Å². The topological polar surface area (TPSA) is 115 Å². The number of hydrogen-bond donors (Lipinski definition) is 4. The summed E-state index contributed by atoms with van der Waals surface area (Å²) in [6.45, 7) is 5.68. The van der Waals surface area contributed by atoms with E-state index in [4.69, 9.17) is 5.21 Å². The fourth-order valence-electron chi connectivity index (χ4n) is 3.24. The molecule has 162 valence electrons. The van der Waals surface area contributed by atoms with Crippen molar-refractivity contribution < 1.29 is 19.6 Å². The van der Waals surface area contributed by atoms with Crippen LogP contribution in [0.5, 0.6) is 0 Å². The van der Waals surface area contributed by atoms with Gasteiger partial charge in [-0.2, -0.15) is 0 Å². The maximum absolute atomic E-state index is 13.3. The lowest BCUT2D eigenvalue weighted by molar-refractivity contribution is -0.123. The molecule has 0 unspecified atom stereocenters. The molecule has 0 aliphatic rings. The molecule has 8 nitrogen and oxygen atoms in total. The number of aromatic nitrogens is 1. The lowest BCUT2D eigenvalue weighted by Crippen LogP contribution is -2.47. The number of fused-ring (bicyclic) bond motifs is 1. The molecule has 3 amide bonds. The summed E-state index contributed by atoms with van der Waals surface area (Å²) in [5.74, 6) is -1.20. The van der Waals surface area contributed by atoms with Crippen molar-refractivity contribution in [2.24, 2.45) is 0 Å². The number of hydroxylamine groups is 1. The quantitative estimate of drug-likeness (QED) is 0.361. The highest BCUT2D eigenvalue weighted by molar-refractivity contribution is 5.99. The molecule has 0 aliphatic heterocycles. The van der Waals surface area contributed by atoms with E-state index in [-0.39, 0.29) is 30.5 Å². The van der Waals surface area contributed by atoms with Gasteiger partial charge in [0.1, 0.15) is 12.2 Å². The molecule has 31 heavy (non-hydrogen) atoms. The van der Waals surface area contributed by atoms with Gasteiger partial charge < -0.3 is 15.2 Å². The molecule has 3 rings (SSSR count). The maximum atomic E-state index is 13.3. The van der Waals surface area contributed by atoms with Gasteiger partial charge in [-0.05, 0) is 50.6 Å². The lowest BCUT2D eigenvalue weighted by atomic mass is 10.1. The second kappa shape index (κ2) is 9.01. The van der Waals surface area contributed by atoms with Crippen molar-refractivity contribution in [2.75, 3.05) is 6.54 Å². The summed E-state index contributed by atoms with van der Waals surface area (Å²) < 4.78 is 0. The van der Waals surface area contributed by atoms with Crippen molar-refractivity contribution in [1.29, 1.82) is 0 Å². The van der Waals surface area contributed by atoms with Gasteiger partial charge in [0, 0.05) is 28.6 Å². The Bertz CT molecular complexity index is 1060. The summed E-state index contributed by atoms with van der Waals surface area (Å²) in [6.07, 6.45) is 0. The van der Waals surface area contributed by atoms with Gasteiger partial charge in [0.15, 0.2) is 0 Å². The van der Waals surface area contributed by atoms with Gasteiger partial charge in [0.05, 0.1) is 0 Å². The number of nitrogens with one attached hydrogen (secondary N) is 3. The molecule has 1 aromatic heterocycles. The first-order chi connectivity index (χ1) is 14.7. The minimum absolute atomic E-state index is 0.121. The Morgan fingerprint density at radius 1 is 1.03 bits per heavy atom. The van der Waals surface area contributed by atoms with Crippen LogP contribution >= 0.6 is 0 Å². The molecular formula is C23H26N4O4. The molecular weight excluding hydrogens is 396 g/mol. The Morgan fingerprint density at radius 2 is 1.71 bits per heavy atom. The molecule has 0 atom stereocenters. The number of benzene rings is 2. The number of H-pyrrole nitrogens is 1. The molecule has 8 heteroatoms. The Hall–Kier alpha value is -3.65. The lowest BCUT2D eigenvalue weighted by Gasteiger charge is -2.26. The third-order valence-corrected chi connectivity index (χ3v) is 4.59. The van der Waals surface area contributed by atoms with E-state index in [1.54, 1.807) is 35.8 Å². The van der Waals surface area contributed by atoms with Crippen molar-refractivity contribution in [1.82, 2.24) is 20.7 Å². The molecule has 1 heterocycles. The van der Waals surface area contributed by atoms with Crippen molar-refractivity contribution in [3.63, 3.8) is 0 Å². The van der Waals surface area contributed by atoms with Gasteiger partial charge in [-0.25, -0.2) is 5.48 Å². The van der Waals surface area contributed by atoms with E-state index in [1.165, 1.54) is 4.90 Å². The first kappa shape index (κ1) is 22.0. The highest BCUT2D eigenvalue weighted by atomic mass is 16.5. The number of aromatic amines is 1. The zero-order valence-electron chi connectivity index (χ0n) is 17.7. The maximum Gasteiger partial charge on any atom is 0.274 e. The molecule has 0 spiro atoms. The van der Waals surface area contributed by atoms with Gasteiger partial charge in [-0.1, -0.05) is 30.3 Å². The molecule has 0 fully saturated rings. The third-order valence-electron chi connectivity index (χ3n) is 4.59.